The zero-order chi connectivity index (χ0) is 13.1. The van der Waals surface area contributed by atoms with Crippen molar-refractivity contribution in [3.05, 3.63) is 24.5 Å². The van der Waals surface area contributed by atoms with E-state index in [9.17, 15) is 0 Å². The molecule has 1 aliphatic heterocycles. The summed E-state index contributed by atoms with van der Waals surface area (Å²) in [5, 5.41) is 4.17. The number of rotatable bonds is 4. The quantitative estimate of drug-likeness (QED) is 0.851. The Kier molecular flexibility index (Phi) is 3.61. The van der Waals surface area contributed by atoms with E-state index in [0.29, 0.717) is 0 Å². The lowest BCUT2D eigenvalue weighted by molar-refractivity contribution is 0.256. The van der Waals surface area contributed by atoms with Crippen LogP contribution in [0.2, 0.25) is 0 Å². The van der Waals surface area contributed by atoms with Crippen LogP contribution in [0.5, 0.6) is 0 Å². The lowest BCUT2D eigenvalue weighted by atomic mass is 10.3. The molecular formula is C13H20N6. The van der Waals surface area contributed by atoms with E-state index in [-0.39, 0.29) is 0 Å². The summed E-state index contributed by atoms with van der Waals surface area (Å²) in [6, 6.07) is 3.97. The average molecular weight is 260 g/mol. The zero-order valence-corrected chi connectivity index (χ0v) is 11.1. The van der Waals surface area contributed by atoms with Crippen LogP contribution in [-0.2, 0) is 0 Å². The normalized spacial score (nSPS) is 17.2. The largest absolute Gasteiger partial charge is 0.354 e. The molecule has 6 nitrogen and oxygen atoms in total. The molecule has 0 atom stereocenters. The van der Waals surface area contributed by atoms with Gasteiger partial charge in [-0.05, 0) is 25.6 Å². The molecule has 6 heteroatoms. The molecule has 1 saturated heterocycles. The van der Waals surface area contributed by atoms with E-state index >= 15 is 0 Å². The van der Waals surface area contributed by atoms with E-state index in [1.165, 1.54) is 0 Å². The number of piperazine rings is 1. The van der Waals surface area contributed by atoms with Crippen molar-refractivity contribution < 1.29 is 0 Å². The predicted octanol–water partition coefficient (Wildman–Crippen LogP) is 0.200. The van der Waals surface area contributed by atoms with Crippen molar-refractivity contribution >= 4 is 11.5 Å². The number of fused-ring (bicyclic) bond motifs is 1. The fourth-order valence-electron chi connectivity index (χ4n) is 2.49. The van der Waals surface area contributed by atoms with Crippen LogP contribution in [0.1, 0.15) is 6.42 Å². The second kappa shape index (κ2) is 5.54. The van der Waals surface area contributed by atoms with Gasteiger partial charge in [-0.25, -0.2) is 9.50 Å². The average Bonchev–Trinajstić information content (AvgIpc) is 2.93. The summed E-state index contributed by atoms with van der Waals surface area (Å²) in [6.45, 7) is 6.13. The summed E-state index contributed by atoms with van der Waals surface area (Å²) >= 11 is 0. The third-order valence-electron chi connectivity index (χ3n) is 3.62. The summed E-state index contributed by atoms with van der Waals surface area (Å²) in [5.74, 6) is 1.05. The first-order valence-corrected chi connectivity index (χ1v) is 6.84. The zero-order valence-electron chi connectivity index (χ0n) is 11.1. The van der Waals surface area contributed by atoms with Crippen molar-refractivity contribution in [2.24, 2.45) is 5.73 Å². The second-order valence-electron chi connectivity index (χ2n) is 4.89. The molecule has 1 fully saturated rings. The monoisotopic (exact) mass is 260 g/mol. The Bertz CT molecular complexity index is 529. The maximum absolute atomic E-state index is 5.55. The molecule has 0 unspecified atom stereocenters. The fraction of sp³-hybridized carbons (Fsp3) is 0.538. The van der Waals surface area contributed by atoms with E-state index in [1.807, 2.05) is 18.3 Å². The van der Waals surface area contributed by atoms with Crippen LogP contribution in [0.15, 0.2) is 24.5 Å². The third kappa shape index (κ3) is 2.69. The molecule has 0 spiro atoms. The molecule has 0 saturated carbocycles. The van der Waals surface area contributed by atoms with Gasteiger partial charge in [0.15, 0.2) is 5.65 Å². The Morgan fingerprint density at radius 2 is 2.00 bits per heavy atom. The van der Waals surface area contributed by atoms with Gasteiger partial charge >= 0.3 is 0 Å². The minimum absolute atomic E-state index is 0.777. The summed E-state index contributed by atoms with van der Waals surface area (Å²) in [6.07, 6.45) is 4.83. The number of nitrogens with zero attached hydrogens (tertiary/aromatic N) is 5. The Morgan fingerprint density at radius 1 is 1.16 bits per heavy atom. The number of hydrogen-bond acceptors (Lipinski definition) is 5. The SMILES string of the molecule is NCCCN1CCN(c2ccn3nccc3n2)CC1. The molecule has 0 amide bonds. The molecule has 1 aliphatic rings. The van der Waals surface area contributed by atoms with E-state index in [0.717, 1.165) is 57.2 Å². The first-order chi connectivity index (χ1) is 9.36. The summed E-state index contributed by atoms with van der Waals surface area (Å²) < 4.78 is 1.79. The van der Waals surface area contributed by atoms with Crippen LogP contribution in [0.25, 0.3) is 5.65 Å². The highest BCUT2D eigenvalue weighted by molar-refractivity contribution is 5.47. The molecule has 3 rings (SSSR count). The molecular weight excluding hydrogens is 240 g/mol. The van der Waals surface area contributed by atoms with Crippen molar-refractivity contribution in [1.82, 2.24) is 19.5 Å². The Labute approximate surface area is 112 Å². The van der Waals surface area contributed by atoms with Gasteiger partial charge in [0.25, 0.3) is 0 Å². The van der Waals surface area contributed by atoms with Gasteiger partial charge in [0, 0.05) is 38.4 Å². The van der Waals surface area contributed by atoms with Crippen LogP contribution < -0.4 is 10.6 Å². The molecule has 0 radical (unpaired) electrons. The van der Waals surface area contributed by atoms with Gasteiger partial charge in [-0.3, -0.25) is 4.90 Å². The summed E-state index contributed by atoms with van der Waals surface area (Å²) in [7, 11) is 0. The lowest BCUT2D eigenvalue weighted by Crippen LogP contribution is -2.47. The van der Waals surface area contributed by atoms with Gasteiger partial charge in [0.2, 0.25) is 0 Å². The molecule has 0 aliphatic carbocycles. The maximum atomic E-state index is 5.55. The van der Waals surface area contributed by atoms with E-state index in [1.54, 1.807) is 10.7 Å². The van der Waals surface area contributed by atoms with Gasteiger partial charge in [-0.15, -0.1) is 0 Å². The molecule has 2 N–H and O–H groups in total. The predicted molar refractivity (Wildman–Crippen MR) is 75.3 cm³/mol. The first kappa shape index (κ1) is 12.4. The topological polar surface area (TPSA) is 62.7 Å². The summed E-state index contributed by atoms with van der Waals surface area (Å²) in [5.41, 5.74) is 6.46. The molecule has 2 aromatic heterocycles. The maximum Gasteiger partial charge on any atom is 0.157 e. The highest BCUT2D eigenvalue weighted by atomic mass is 15.3. The smallest absolute Gasteiger partial charge is 0.157 e. The highest BCUT2D eigenvalue weighted by Gasteiger charge is 2.17. The van der Waals surface area contributed by atoms with Crippen LogP contribution in [0.3, 0.4) is 0 Å². The molecule has 2 aromatic rings. The second-order valence-corrected chi connectivity index (χ2v) is 4.89. The molecule has 3 heterocycles. The first-order valence-electron chi connectivity index (χ1n) is 6.84. The third-order valence-corrected chi connectivity index (χ3v) is 3.62. The van der Waals surface area contributed by atoms with Crippen LogP contribution in [0, 0.1) is 0 Å². The molecule has 0 aromatic carbocycles. The molecule has 0 bridgehead atoms. The lowest BCUT2D eigenvalue weighted by Gasteiger charge is -2.35. The number of aromatic nitrogens is 3. The molecule has 19 heavy (non-hydrogen) atoms. The molecule has 102 valence electrons. The number of anilines is 1. The Morgan fingerprint density at radius 3 is 2.79 bits per heavy atom. The number of nitrogens with two attached hydrogens (primary N) is 1. The van der Waals surface area contributed by atoms with Crippen LogP contribution in [0.4, 0.5) is 5.82 Å². The van der Waals surface area contributed by atoms with Crippen molar-refractivity contribution in [2.45, 2.75) is 6.42 Å². The van der Waals surface area contributed by atoms with Gasteiger partial charge in [0.05, 0.1) is 6.20 Å². The van der Waals surface area contributed by atoms with Gasteiger partial charge in [-0.2, -0.15) is 5.10 Å². The Balaban J connectivity index is 1.64. The van der Waals surface area contributed by atoms with Crippen LogP contribution >= 0.6 is 0 Å². The highest BCUT2D eigenvalue weighted by Crippen LogP contribution is 2.14. The van der Waals surface area contributed by atoms with E-state index < -0.39 is 0 Å². The van der Waals surface area contributed by atoms with Crippen molar-refractivity contribution in [3.63, 3.8) is 0 Å². The fourth-order valence-corrected chi connectivity index (χ4v) is 2.49. The van der Waals surface area contributed by atoms with E-state index in [2.05, 4.69) is 19.9 Å². The minimum atomic E-state index is 0.777. The van der Waals surface area contributed by atoms with E-state index in [4.69, 9.17) is 5.73 Å². The van der Waals surface area contributed by atoms with Crippen LogP contribution in [-0.4, -0.2) is 58.8 Å². The summed E-state index contributed by atoms with van der Waals surface area (Å²) in [4.78, 5) is 9.45. The van der Waals surface area contributed by atoms with Gasteiger partial charge < -0.3 is 10.6 Å². The van der Waals surface area contributed by atoms with Crippen molar-refractivity contribution in [3.8, 4) is 0 Å². The number of hydrogen-bond donors (Lipinski definition) is 1. The van der Waals surface area contributed by atoms with Gasteiger partial charge in [-0.1, -0.05) is 0 Å². The standard InChI is InChI=1S/C13H20N6/c14-4-1-6-17-8-10-18(11-9-17)12-3-7-19-13(16-12)2-5-15-19/h2-3,5,7H,1,4,6,8-11,14H2. The van der Waals surface area contributed by atoms with Crippen molar-refractivity contribution in [1.29, 1.82) is 0 Å². The Hall–Kier alpha value is -1.66. The van der Waals surface area contributed by atoms with Crippen molar-refractivity contribution in [2.75, 3.05) is 44.2 Å². The van der Waals surface area contributed by atoms with Gasteiger partial charge in [0.1, 0.15) is 5.82 Å². The minimum Gasteiger partial charge on any atom is -0.354 e.